The van der Waals surface area contributed by atoms with E-state index in [9.17, 15) is 9.59 Å². The normalized spacial score (nSPS) is 12.4. The molecular formula is C28H20N4O2S. The van der Waals surface area contributed by atoms with Crippen LogP contribution in [0.5, 0.6) is 0 Å². The standard InChI is InChI=1S/C28H20N4O2S/c33-27(20-7-10-26-24(14-20)32-28(34)21-3-1-2-4-25(21)35-26)31-16-17-5-8-23(30-15-17)18-6-9-22-19(13-18)11-12-29-22/h1-15,29H,16H2,(H,31,33)(H,32,34). The maximum absolute atomic E-state index is 12.8. The highest BCUT2D eigenvalue weighted by Crippen LogP contribution is 2.39. The van der Waals surface area contributed by atoms with Crippen LogP contribution in [0.15, 0.2) is 101 Å². The molecule has 0 spiro atoms. The van der Waals surface area contributed by atoms with Crippen LogP contribution in [0.3, 0.4) is 0 Å². The van der Waals surface area contributed by atoms with Gasteiger partial charge in [-0.2, -0.15) is 0 Å². The number of H-pyrrole nitrogens is 1. The maximum Gasteiger partial charge on any atom is 0.256 e. The second-order valence-electron chi connectivity index (χ2n) is 8.28. The Kier molecular flexibility index (Phi) is 5.31. The lowest BCUT2D eigenvalue weighted by Crippen LogP contribution is -2.23. The first-order valence-electron chi connectivity index (χ1n) is 11.2. The average molecular weight is 477 g/mol. The van der Waals surface area contributed by atoms with E-state index in [4.69, 9.17) is 0 Å². The van der Waals surface area contributed by atoms with E-state index in [2.05, 4.69) is 26.7 Å². The third-order valence-corrected chi connectivity index (χ3v) is 7.12. The lowest BCUT2D eigenvalue weighted by atomic mass is 10.1. The number of carbonyl (C=O) groups is 2. The number of aromatic nitrogens is 2. The Morgan fingerprint density at radius 3 is 2.74 bits per heavy atom. The number of nitrogens with zero attached hydrogens (tertiary/aromatic N) is 1. The van der Waals surface area contributed by atoms with Gasteiger partial charge in [-0.15, -0.1) is 0 Å². The predicted molar refractivity (Wildman–Crippen MR) is 138 cm³/mol. The first-order chi connectivity index (χ1) is 17.1. The summed E-state index contributed by atoms with van der Waals surface area (Å²) in [7, 11) is 0. The van der Waals surface area contributed by atoms with E-state index >= 15 is 0 Å². The summed E-state index contributed by atoms with van der Waals surface area (Å²) < 4.78 is 0. The van der Waals surface area contributed by atoms with Crippen LogP contribution in [0.4, 0.5) is 5.69 Å². The van der Waals surface area contributed by atoms with Gasteiger partial charge in [-0.3, -0.25) is 14.6 Å². The highest BCUT2D eigenvalue weighted by molar-refractivity contribution is 7.99. The molecule has 5 aromatic rings. The minimum Gasteiger partial charge on any atom is -0.361 e. The summed E-state index contributed by atoms with van der Waals surface area (Å²) in [6, 6.07) is 25.0. The maximum atomic E-state index is 12.8. The fourth-order valence-corrected chi connectivity index (χ4v) is 5.12. The van der Waals surface area contributed by atoms with Gasteiger partial charge < -0.3 is 15.6 Å². The van der Waals surface area contributed by atoms with E-state index in [-0.39, 0.29) is 11.8 Å². The van der Waals surface area contributed by atoms with E-state index in [1.165, 1.54) is 11.8 Å². The largest absolute Gasteiger partial charge is 0.361 e. The summed E-state index contributed by atoms with van der Waals surface area (Å²) in [5.74, 6) is -0.387. The minimum atomic E-state index is -0.212. The average Bonchev–Trinajstić information content (AvgIpc) is 3.31. The number of hydrogen-bond acceptors (Lipinski definition) is 4. The van der Waals surface area contributed by atoms with Crippen molar-refractivity contribution in [3.8, 4) is 11.3 Å². The zero-order chi connectivity index (χ0) is 23.8. The van der Waals surface area contributed by atoms with E-state index in [0.29, 0.717) is 23.4 Å². The third kappa shape index (κ3) is 4.18. The molecule has 3 N–H and O–H groups in total. The number of anilines is 1. The van der Waals surface area contributed by atoms with Crippen LogP contribution in [0, 0.1) is 0 Å². The lowest BCUT2D eigenvalue weighted by molar-refractivity contribution is 0.0949. The number of carbonyl (C=O) groups excluding carboxylic acids is 2. The molecule has 2 amide bonds. The Bertz CT molecular complexity index is 1590. The van der Waals surface area contributed by atoms with E-state index in [0.717, 1.165) is 37.5 Å². The van der Waals surface area contributed by atoms with Gasteiger partial charge in [-0.1, -0.05) is 36.0 Å². The second kappa shape index (κ2) is 8.77. The zero-order valence-corrected chi connectivity index (χ0v) is 19.4. The molecule has 0 atom stereocenters. The molecule has 3 aromatic carbocycles. The van der Waals surface area contributed by atoms with E-state index in [1.54, 1.807) is 24.4 Å². The van der Waals surface area contributed by atoms with Crippen molar-refractivity contribution in [3.63, 3.8) is 0 Å². The molecule has 2 aromatic heterocycles. The second-order valence-corrected chi connectivity index (χ2v) is 9.36. The molecule has 0 saturated carbocycles. The summed E-state index contributed by atoms with van der Waals surface area (Å²) in [5, 5.41) is 7.01. The molecule has 6 rings (SSSR count). The first-order valence-corrected chi connectivity index (χ1v) is 12.0. The van der Waals surface area contributed by atoms with Gasteiger partial charge in [0, 0.05) is 50.8 Å². The minimum absolute atomic E-state index is 0.175. The number of rotatable bonds is 4. The van der Waals surface area contributed by atoms with Crippen LogP contribution in [-0.4, -0.2) is 21.8 Å². The van der Waals surface area contributed by atoms with E-state index in [1.807, 2.05) is 60.8 Å². The number of fused-ring (bicyclic) bond motifs is 3. The molecule has 35 heavy (non-hydrogen) atoms. The Morgan fingerprint density at radius 2 is 1.86 bits per heavy atom. The topological polar surface area (TPSA) is 86.9 Å². The highest BCUT2D eigenvalue weighted by atomic mass is 32.2. The number of amides is 2. The summed E-state index contributed by atoms with van der Waals surface area (Å²) in [6.45, 7) is 0.354. The van der Waals surface area contributed by atoms with Crippen molar-refractivity contribution in [2.24, 2.45) is 0 Å². The summed E-state index contributed by atoms with van der Waals surface area (Å²) in [4.78, 5) is 35.0. The lowest BCUT2D eigenvalue weighted by Gasteiger charge is -2.10. The number of aromatic amines is 1. The van der Waals surface area contributed by atoms with Gasteiger partial charge in [0.05, 0.1) is 16.9 Å². The van der Waals surface area contributed by atoms with Gasteiger partial charge in [-0.25, -0.2) is 0 Å². The van der Waals surface area contributed by atoms with Crippen LogP contribution in [0.1, 0.15) is 26.3 Å². The smallest absolute Gasteiger partial charge is 0.256 e. The fraction of sp³-hybridized carbons (Fsp3) is 0.0357. The molecule has 3 heterocycles. The van der Waals surface area contributed by atoms with E-state index < -0.39 is 0 Å². The Morgan fingerprint density at radius 1 is 0.943 bits per heavy atom. The first kappa shape index (κ1) is 21.2. The number of pyridine rings is 1. The van der Waals surface area contributed by atoms with Crippen molar-refractivity contribution in [1.82, 2.24) is 15.3 Å². The summed E-state index contributed by atoms with van der Waals surface area (Å²) in [6.07, 6.45) is 3.70. The van der Waals surface area contributed by atoms with Gasteiger partial charge in [0.1, 0.15) is 0 Å². The number of nitrogens with one attached hydrogen (secondary N) is 3. The van der Waals surface area contributed by atoms with Crippen molar-refractivity contribution in [1.29, 1.82) is 0 Å². The third-order valence-electron chi connectivity index (χ3n) is 5.97. The molecule has 0 fully saturated rings. The molecule has 0 aliphatic carbocycles. The van der Waals surface area contributed by atoms with Crippen molar-refractivity contribution in [3.05, 3.63) is 108 Å². The van der Waals surface area contributed by atoms with Crippen molar-refractivity contribution in [2.75, 3.05) is 5.32 Å². The molecule has 0 unspecified atom stereocenters. The molecule has 1 aliphatic rings. The Labute approximate surface area is 205 Å². The molecule has 7 heteroatoms. The van der Waals surface area contributed by atoms with Crippen LogP contribution in [0.2, 0.25) is 0 Å². The van der Waals surface area contributed by atoms with Crippen LogP contribution in [0.25, 0.3) is 22.2 Å². The highest BCUT2D eigenvalue weighted by Gasteiger charge is 2.20. The zero-order valence-electron chi connectivity index (χ0n) is 18.5. The number of benzene rings is 3. The molecule has 0 radical (unpaired) electrons. The molecule has 170 valence electrons. The van der Waals surface area contributed by atoms with Gasteiger partial charge in [0.25, 0.3) is 11.8 Å². The van der Waals surface area contributed by atoms with Gasteiger partial charge >= 0.3 is 0 Å². The Balaban J connectivity index is 1.14. The van der Waals surface area contributed by atoms with Crippen LogP contribution in [-0.2, 0) is 6.54 Å². The molecule has 1 aliphatic heterocycles. The quantitative estimate of drug-likeness (QED) is 0.302. The Hall–Kier alpha value is -4.36. The SMILES string of the molecule is O=C(NCc1ccc(-c2ccc3[nH]ccc3c2)nc1)c1ccc2c(c1)NC(=O)c1ccccc1S2. The molecular weight excluding hydrogens is 456 g/mol. The van der Waals surface area contributed by atoms with Gasteiger partial charge in [0.2, 0.25) is 0 Å². The van der Waals surface area contributed by atoms with Crippen molar-refractivity contribution in [2.45, 2.75) is 16.3 Å². The summed E-state index contributed by atoms with van der Waals surface area (Å²) >= 11 is 1.51. The molecule has 0 bridgehead atoms. The molecule has 0 saturated heterocycles. The molecule has 6 nitrogen and oxygen atoms in total. The summed E-state index contributed by atoms with van der Waals surface area (Å²) in [5.41, 5.74) is 5.66. The van der Waals surface area contributed by atoms with Gasteiger partial charge in [-0.05, 0) is 60.2 Å². The monoisotopic (exact) mass is 476 g/mol. The fourth-order valence-electron chi connectivity index (χ4n) is 4.11. The van der Waals surface area contributed by atoms with Crippen LogP contribution >= 0.6 is 11.8 Å². The van der Waals surface area contributed by atoms with Gasteiger partial charge in [0.15, 0.2) is 0 Å². The van der Waals surface area contributed by atoms with Crippen molar-refractivity contribution < 1.29 is 9.59 Å². The number of hydrogen-bond donors (Lipinski definition) is 3. The van der Waals surface area contributed by atoms with Crippen LogP contribution < -0.4 is 10.6 Å². The van der Waals surface area contributed by atoms with Crippen molar-refractivity contribution >= 4 is 40.2 Å². The predicted octanol–water partition coefficient (Wildman–Crippen LogP) is 5.88.